The third-order valence-electron chi connectivity index (χ3n) is 3.04. The Morgan fingerprint density at radius 3 is 2.67 bits per heavy atom. The Hall–Kier alpha value is -1.97. The molecule has 0 aromatic heterocycles. The largest absolute Gasteiger partial charge is 0.491 e. The van der Waals surface area contributed by atoms with Crippen molar-refractivity contribution in [2.45, 2.75) is 27.2 Å². The lowest BCUT2D eigenvalue weighted by molar-refractivity contribution is -0.140. The molecule has 0 aliphatic carbocycles. The summed E-state index contributed by atoms with van der Waals surface area (Å²) in [4.78, 5) is 13.1. The second kappa shape index (κ2) is 8.35. The second-order valence-electron chi connectivity index (χ2n) is 5.39. The molecule has 0 heterocycles. The number of nitrogens with zero attached hydrogens (tertiary/aromatic N) is 1. The van der Waals surface area contributed by atoms with Crippen molar-refractivity contribution >= 4 is 11.7 Å². The molecule has 1 aromatic carbocycles. The first-order valence-corrected chi connectivity index (χ1v) is 7.29. The van der Waals surface area contributed by atoms with Gasteiger partial charge in [-0.3, -0.25) is 4.79 Å². The van der Waals surface area contributed by atoms with E-state index in [9.17, 15) is 4.79 Å². The molecule has 1 atom stereocenters. The molecule has 4 nitrogen and oxygen atoms in total. The lowest BCUT2D eigenvalue weighted by Crippen LogP contribution is -2.33. The number of carbonyl (C=O) groups is 1. The van der Waals surface area contributed by atoms with Crippen LogP contribution in [0.1, 0.15) is 27.2 Å². The van der Waals surface area contributed by atoms with Crippen molar-refractivity contribution in [2.24, 2.45) is 5.92 Å². The highest BCUT2D eigenvalue weighted by Gasteiger charge is 2.19. The maximum absolute atomic E-state index is 11.1. The molecule has 4 heteroatoms. The number of ether oxygens (including phenoxy) is 1. The maximum Gasteiger partial charge on any atom is 0.308 e. The lowest BCUT2D eigenvalue weighted by Gasteiger charge is -2.28. The van der Waals surface area contributed by atoms with E-state index in [2.05, 4.69) is 13.5 Å². The van der Waals surface area contributed by atoms with E-state index >= 15 is 0 Å². The summed E-state index contributed by atoms with van der Waals surface area (Å²) < 4.78 is 5.77. The van der Waals surface area contributed by atoms with Crippen molar-refractivity contribution in [3.63, 3.8) is 0 Å². The van der Waals surface area contributed by atoms with Gasteiger partial charge in [0.1, 0.15) is 5.75 Å². The van der Waals surface area contributed by atoms with Crippen molar-refractivity contribution in [1.82, 2.24) is 0 Å². The van der Waals surface area contributed by atoms with Crippen LogP contribution in [0.3, 0.4) is 0 Å². The van der Waals surface area contributed by atoms with Crippen LogP contribution in [-0.2, 0) is 4.79 Å². The van der Waals surface area contributed by atoms with Crippen molar-refractivity contribution in [3.8, 4) is 5.75 Å². The Bertz CT molecular complexity index is 485. The van der Waals surface area contributed by atoms with Gasteiger partial charge in [-0.05, 0) is 25.5 Å². The first kappa shape index (κ1) is 17.1. The average molecular weight is 291 g/mol. The van der Waals surface area contributed by atoms with Crippen molar-refractivity contribution in [3.05, 3.63) is 36.4 Å². The third-order valence-corrected chi connectivity index (χ3v) is 3.04. The van der Waals surface area contributed by atoms with E-state index in [1.54, 1.807) is 6.92 Å². The molecule has 0 amide bonds. The molecule has 1 aromatic rings. The number of carboxylic acid groups (broad SMARTS) is 1. The standard InChI is InChI=1S/C17H25NO3/c1-5-10-21-16-9-7-6-8-15(16)18(11-13(2)3)12-14(4)17(19)20/h6-9,14H,2,5,10-12H2,1,3-4H3,(H,19,20). The Morgan fingerprint density at radius 2 is 2.10 bits per heavy atom. The van der Waals surface area contributed by atoms with Gasteiger partial charge < -0.3 is 14.7 Å². The van der Waals surface area contributed by atoms with E-state index in [-0.39, 0.29) is 0 Å². The van der Waals surface area contributed by atoms with E-state index in [1.165, 1.54) is 0 Å². The summed E-state index contributed by atoms with van der Waals surface area (Å²) in [7, 11) is 0. The molecule has 1 N–H and O–H groups in total. The number of para-hydroxylation sites is 2. The quantitative estimate of drug-likeness (QED) is 0.707. The van der Waals surface area contributed by atoms with Crippen LogP contribution in [0.25, 0.3) is 0 Å². The van der Waals surface area contributed by atoms with Crippen LogP contribution in [0.4, 0.5) is 5.69 Å². The van der Waals surface area contributed by atoms with Crippen molar-refractivity contribution in [1.29, 1.82) is 0 Å². The number of rotatable bonds is 9. The number of anilines is 1. The van der Waals surface area contributed by atoms with Gasteiger partial charge in [0.15, 0.2) is 0 Å². The van der Waals surface area contributed by atoms with Crippen LogP contribution in [-0.4, -0.2) is 30.8 Å². The summed E-state index contributed by atoms with van der Waals surface area (Å²) >= 11 is 0. The molecule has 0 saturated carbocycles. The maximum atomic E-state index is 11.1. The summed E-state index contributed by atoms with van der Waals surface area (Å²) in [6.07, 6.45) is 0.931. The molecule has 21 heavy (non-hydrogen) atoms. The van der Waals surface area contributed by atoms with Crippen LogP contribution < -0.4 is 9.64 Å². The average Bonchev–Trinajstić information content (AvgIpc) is 2.44. The normalized spacial score (nSPS) is 11.8. The summed E-state index contributed by atoms with van der Waals surface area (Å²) in [6.45, 7) is 11.3. The van der Waals surface area contributed by atoms with Gasteiger partial charge in [0.05, 0.1) is 18.2 Å². The molecule has 0 radical (unpaired) electrons. The number of benzene rings is 1. The molecule has 1 rings (SSSR count). The van der Waals surface area contributed by atoms with Gasteiger partial charge >= 0.3 is 5.97 Å². The van der Waals surface area contributed by atoms with Crippen LogP contribution in [0.5, 0.6) is 5.75 Å². The zero-order valence-corrected chi connectivity index (χ0v) is 13.1. The van der Waals surface area contributed by atoms with Gasteiger partial charge in [-0.2, -0.15) is 0 Å². The molecular formula is C17H25NO3. The molecule has 0 aliphatic rings. The first-order valence-electron chi connectivity index (χ1n) is 7.29. The van der Waals surface area contributed by atoms with E-state index in [4.69, 9.17) is 9.84 Å². The number of aliphatic carboxylic acids is 1. The third kappa shape index (κ3) is 5.50. The van der Waals surface area contributed by atoms with Crippen LogP contribution in [0, 0.1) is 5.92 Å². The fourth-order valence-electron chi connectivity index (χ4n) is 2.04. The fourth-order valence-corrected chi connectivity index (χ4v) is 2.04. The van der Waals surface area contributed by atoms with E-state index < -0.39 is 11.9 Å². The Kier molecular flexibility index (Phi) is 6.79. The predicted molar refractivity (Wildman–Crippen MR) is 86.1 cm³/mol. The highest BCUT2D eigenvalue weighted by Crippen LogP contribution is 2.29. The monoisotopic (exact) mass is 291 g/mol. The summed E-state index contributed by atoms with van der Waals surface area (Å²) in [5.74, 6) is -0.463. The van der Waals surface area contributed by atoms with Gasteiger partial charge in [0.25, 0.3) is 0 Å². The van der Waals surface area contributed by atoms with Crippen LogP contribution >= 0.6 is 0 Å². The van der Waals surface area contributed by atoms with Gasteiger partial charge in [0, 0.05) is 13.1 Å². The van der Waals surface area contributed by atoms with Gasteiger partial charge in [-0.15, -0.1) is 0 Å². The minimum absolute atomic E-state index is 0.425. The molecular weight excluding hydrogens is 266 g/mol. The lowest BCUT2D eigenvalue weighted by atomic mass is 10.1. The first-order chi connectivity index (χ1) is 9.95. The zero-order valence-electron chi connectivity index (χ0n) is 13.1. The second-order valence-corrected chi connectivity index (χ2v) is 5.39. The molecule has 0 fully saturated rings. The highest BCUT2D eigenvalue weighted by molar-refractivity contribution is 5.71. The molecule has 0 saturated heterocycles. The topological polar surface area (TPSA) is 49.8 Å². The van der Waals surface area contributed by atoms with E-state index in [0.717, 1.165) is 23.4 Å². The number of hydrogen-bond acceptors (Lipinski definition) is 3. The molecule has 0 bridgehead atoms. The van der Waals surface area contributed by atoms with Gasteiger partial charge in [0.2, 0.25) is 0 Å². The smallest absolute Gasteiger partial charge is 0.308 e. The van der Waals surface area contributed by atoms with E-state index in [1.807, 2.05) is 36.1 Å². The number of hydrogen-bond donors (Lipinski definition) is 1. The Balaban J connectivity index is 3.01. The molecule has 116 valence electrons. The van der Waals surface area contributed by atoms with Crippen LogP contribution in [0.15, 0.2) is 36.4 Å². The van der Waals surface area contributed by atoms with Crippen LogP contribution in [0.2, 0.25) is 0 Å². The van der Waals surface area contributed by atoms with E-state index in [0.29, 0.717) is 19.7 Å². The Labute approximate surface area is 127 Å². The predicted octanol–water partition coefficient (Wildman–Crippen LogP) is 3.58. The fraction of sp³-hybridized carbons (Fsp3) is 0.471. The molecule has 0 aliphatic heterocycles. The van der Waals surface area contributed by atoms with Crippen molar-refractivity contribution in [2.75, 3.05) is 24.6 Å². The van der Waals surface area contributed by atoms with Gasteiger partial charge in [-0.1, -0.05) is 38.1 Å². The SMILES string of the molecule is C=C(C)CN(CC(C)C(=O)O)c1ccccc1OCCC. The summed E-state index contributed by atoms with van der Waals surface area (Å²) in [6, 6.07) is 7.74. The minimum atomic E-state index is -0.798. The van der Waals surface area contributed by atoms with Gasteiger partial charge in [-0.25, -0.2) is 0 Å². The summed E-state index contributed by atoms with van der Waals surface area (Å²) in [5, 5.41) is 9.14. The minimum Gasteiger partial charge on any atom is -0.491 e. The summed E-state index contributed by atoms with van der Waals surface area (Å²) in [5.41, 5.74) is 1.90. The van der Waals surface area contributed by atoms with Crippen molar-refractivity contribution < 1.29 is 14.6 Å². The number of carboxylic acids is 1. The molecule has 0 spiro atoms. The molecule has 1 unspecified atom stereocenters. The highest BCUT2D eigenvalue weighted by atomic mass is 16.5. The Morgan fingerprint density at radius 1 is 1.43 bits per heavy atom. The zero-order chi connectivity index (χ0) is 15.8.